The SMILES string of the molecule is CP(c1ccccc1)c1ccccc1.CP(c1ccccc1)c1ccccc1.[CH3][Pd][CH3]. The van der Waals surface area contributed by atoms with Crippen LogP contribution >= 0.6 is 15.8 Å². The maximum atomic E-state index is 2.31. The predicted octanol–water partition coefficient (Wildman–Crippen LogP) is 6.66. The van der Waals surface area contributed by atoms with E-state index in [1.54, 1.807) is 0 Å². The van der Waals surface area contributed by atoms with Crippen LogP contribution in [0.15, 0.2) is 121 Å². The van der Waals surface area contributed by atoms with Gasteiger partial charge in [-0.25, -0.2) is 0 Å². The molecule has 0 aliphatic rings. The van der Waals surface area contributed by atoms with Crippen molar-refractivity contribution in [3.05, 3.63) is 121 Å². The minimum absolute atomic E-state index is 0.171. The first-order valence-corrected chi connectivity index (χ1v) is 16.8. The Labute approximate surface area is 199 Å². The van der Waals surface area contributed by atoms with Crippen LogP contribution in [0.5, 0.6) is 0 Å². The quantitative estimate of drug-likeness (QED) is 0.202. The maximum absolute atomic E-state index is 2.31. The fourth-order valence-electron chi connectivity index (χ4n) is 2.90. The summed E-state index contributed by atoms with van der Waals surface area (Å²) < 4.78 is 0. The molecule has 0 heterocycles. The predicted molar refractivity (Wildman–Crippen MR) is 142 cm³/mol. The fourth-order valence-corrected chi connectivity index (χ4v) is 5.98. The van der Waals surface area contributed by atoms with Gasteiger partial charge in [0, 0.05) is 0 Å². The van der Waals surface area contributed by atoms with Crippen LogP contribution in [0.25, 0.3) is 0 Å². The van der Waals surface area contributed by atoms with Crippen LogP contribution in [-0.2, 0) is 18.0 Å². The van der Waals surface area contributed by atoms with E-state index in [-0.39, 0.29) is 15.8 Å². The van der Waals surface area contributed by atoms with Crippen LogP contribution < -0.4 is 21.2 Å². The van der Waals surface area contributed by atoms with E-state index in [0.29, 0.717) is 0 Å². The second-order valence-corrected chi connectivity index (χ2v) is 12.6. The zero-order valence-corrected chi connectivity index (χ0v) is 22.1. The van der Waals surface area contributed by atoms with Crippen molar-refractivity contribution in [2.24, 2.45) is 0 Å². The van der Waals surface area contributed by atoms with Crippen molar-refractivity contribution in [2.75, 3.05) is 13.3 Å². The van der Waals surface area contributed by atoms with Gasteiger partial charge in [-0.1, -0.05) is 121 Å². The number of benzene rings is 4. The van der Waals surface area contributed by atoms with E-state index in [1.165, 1.54) is 21.2 Å². The molecule has 4 aromatic carbocycles. The molecule has 0 unspecified atom stereocenters. The first kappa shape index (κ1) is 25.7. The normalized spacial score (nSPS) is 10.1. The van der Waals surface area contributed by atoms with Gasteiger partial charge < -0.3 is 0 Å². The molecule has 0 aliphatic carbocycles. The van der Waals surface area contributed by atoms with Gasteiger partial charge in [-0.15, -0.1) is 0 Å². The molecule has 0 bridgehead atoms. The summed E-state index contributed by atoms with van der Waals surface area (Å²) in [5, 5.41) is 10.1. The van der Waals surface area contributed by atoms with Crippen molar-refractivity contribution in [3.8, 4) is 0 Å². The Hall–Kier alpha value is -1.60. The summed E-state index contributed by atoms with van der Waals surface area (Å²) in [7, 11) is -0.342. The van der Waals surface area contributed by atoms with Crippen molar-refractivity contribution in [3.63, 3.8) is 0 Å². The molecule has 0 radical (unpaired) electrons. The molecule has 0 saturated heterocycles. The van der Waals surface area contributed by atoms with Crippen LogP contribution in [0, 0.1) is 0 Å². The number of hydrogen-bond donors (Lipinski definition) is 0. The van der Waals surface area contributed by atoms with Gasteiger partial charge in [0.2, 0.25) is 0 Å². The van der Waals surface area contributed by atoms with E-state index in [4.69, 9.17) is 0 Å². The van der Waals surface area contributed by atoms with Crippen molar-refractivity contribution in [2.45, 2.75) is 10.8 Å². The van der Waals surface area contributed by atoms with Crippen molar-refractivity contribution < 1.29 is 18.0 Å². The third-order valence-electron chi connectivity index (χ3n) is 4.57. The number of rotatable bonds is 4. The molecule has 0 saturated carbocycles. The molecule has 4 rings (SSSR count). The van der Waals surface area contributed by atoms with E-state index < -0.39 is 0 Å². The molecule has 0 atom stereocenters. The molecule has 0 fully saturated rings. The second-order valence-electron chi connectivity index (χ2n) is 6.78. The van der Waals surface area contributed by atoms with E-state index in [1.807, 2.05) is 0 Å². The van der Waals surface area contributed by atoms with E-state index in [0.717, 1.165) is 18.0 Å². The van der Waals surface area contributed by atoms with Gasteiger partial charge in [0.1, 0.15) is 0 Å². The molecule has 0 aromatic heterocycles. The summed E-state index contributed by atoms with van der Waals surface area (Å²) in [6.45, 7) is 4.61. The van der Waals surface area contributed by atoms with Crippen molar-refractivity contribution in [1.29, 1.82) is 0 Å². The van der Waals surface area contributed by atoms with Gasteiger partial charge in [0.05, 0.1) is 0 Å². The first-order valence-electron chi connectivity index (χ1n) is 10.1. The van der Waals surface area contributed by atoms with Crippen LogP contribution in [0.1, 0.15) is 0 Å². The van der Waals surface area contributed by atoms with Crippen LogP contribution in [0.3, 0.4) is 0 Å². The molecular formula is C28H32P2Pd. The molecule has 0 spiro atoms. The molecule has 0 amide bonds. The van der Waals surface area contributed by atoms with Gasteiger partial charge >= 0.3 is 28.8 Å². The Bertz CT molecular complexity index is 785. The standard InChI is InChI=1S/2C13H13P.2CH3.Pd/c2*1-14(12-8-4-2-5-9-12)13-10-6-3-7-11-13;;;/h2*2-11H,1H3;2*1H3;. The average Bonchev–Trinajstić information content (AvgIpc) is 2.86. The Balaban J connectivity index is 0.000000196. The summed E-state index contributed by atoms with van der Waals surface area (Å²) >= 11 is 0.950. The van der Waals surface area contributed by atoms with Gasteiger partial charge in [-0.05, 0) is 50.4 Å². The van der Waals surface area contributed by atoms with Crippen molar-refractivity contribution in [1.82, 2.24) is 0 Å². The van der Waals surface area contributed by atoms with E-state index >= 15 is 0 Å². The summed E-state index contributed by atoms with van der Waals surface area (Å²) in [6.07, 6.45) is 0. The Morgan fingerprint density at radius 3 is 0.710 bits per heavy atom. The van der Waals surface area contributed by atoms with Gasteiger partial charge in [0.15, 0.2) is 0 Å². The van der Waals surface area contributed by atoms with Crippen LogP contribution in [0.2, 0.25) is 10.8 Å². The molecule has 3 heteroatoms. The molecule has 164 valence electrons. The third-order valence-corrected chi connectivity index (χ3v) is 8.86. The summed E-state index contributed by atoms with van der Waals surface area (Å²) in [6, 6.07) is 42.8. The topological polar surface area (TPSA) is 0 Å². The molecular weight excluding hydrogens is 505 g/mol. The zero-order chi connectivity index (χ0) is 22.3. The van der Waals surface area contributed by atoms with Gasteiger partial charge in [0.25, 0.3) is 0 Å². The third kappa shape index (κ3) is 9.20. The molecule has 0 N–H and O–H groups in total. The van der Waals surface area contributed by atoms with Crippen molar-refractivity contribution >= 4 is 37.1 Å². The zero-order valence-electron chi connectivity index (χ0n) is 18.8. The summed E-state index contributed by atoms with van der Waals surface area (Å²) in [5.41, 5.74) is 0. The summed E-state index contributed by atoms with van der Waals surface area (Å²) in [4.78, 5) is 0. The first-order chi connectivity index (χ1) is 15.2. The molecule has 0 aliphatic heterocycles. The van der Waals surface area contributed by atoms with Gasteiger partial charge in [-0.2, -0.15) is 0 Å². The molecule has 4 aromatic rings. The second kappa shape index (κ2) is 15.2. The number of hydrogen-bond acceptors (Lipinski definition) is 0. The Morgan fingerprint density at radius 1 is 0.387 bits per heavy atom. The molecule has 0 nitrogen and oxygen atoms in total. The van der Waals surface area contributed by atoms with E-state index in [2.05, 4.69) is 145 Å². The van der Waals surface area contributed by atoms with Gasteiger partial charge in [-0.3, -0.25) is 0 Å². The van der Waals surface area contributed by atoms with Crippen LogP contribution in [0.4, 0.5) is 0 Å². The Kier molecular flexibility index (Phi) is 12.6. The Morgan fingerprint density at radius 2 is 0.548 bits per heavy atom. The minimum atomic E-state index is -0.171. The fraction of sp³-hybridized carbons (Fsp3) is 0.143. The van der Waals surface area contributed by atoms with E-state index in [9.17, 15) is 0 Å². The molecule has 31 heavy (non-hydrogen) atoms. The summed E-state index contributed by atoms with van der Waals surface area (Å²) in [5.74, 6) is 0. The van der Waals surface area contributed by atoms with Crippen LogP contribution in [-0.4, -0.2) is 13.3 Å². The monoisotopic (exact) mass is 536 g/mol. The average molecular weight is 537 g/mol.